The lowest BCUT2D eigenvalue weighted by molar-refractivity contribution is -0.138. The van der Waals surface area contributed by atoms with Crippen LogP contribution in [0.15, 0.2) is 43.5 Å². The largest absolute Gasteiger partial charge is 0.334 e. The zero-order valence-electron chi connectivity index (χ0n) is 14.3. The van der Waals surface area contributed by atoms with Crippen LogP contribution >= 0.6 is 23.2 Å². The topological polar surface area (TPSA) is 69.7 Å². The molecule has 8 heteroatoms. The Balaban J connectivity index is 2.26. The summed E-state index contributed by atoms with van der Waals surface area (Å²) in [4.78, 5) is 40.0. The predicted octanol–water partition coefficient (Wildman–Crippen LogP) is 2.96. The van der Waals surface area contributed by atoms with Crippen molar-refractivity contribution >= 4 is 41.0 Å². The molecule has 1 heterocycles. The van der Waals surface area contributed by atoms with Crippen LogP contribution in [0.3, 0.4) is 0 Å². The minimum Gasteiger partial charge on any atom is -0.334 e. The highest BCUT2D eigenvalue weighted by atomic mass is 35.5. The first-order valence-corrected chi connectivity index (χ1v) is 8.59. The molecule has 0 saturated carbocycles. The van der Waals surface area contributed by atoms with Crippen molar-refractivity contribution in [1.82, 2.24) is 15.1 Å². The molecule has 1 aliphatic heterocycles. The van der Waals surface area contributed by atoms with E-state index in [9.17, 15) is 14.4 Å². The van der Waals surface area contributed by atoms with Gasteiger partial charge >= 0.3 is 6.03 Å². The normalized spacial score (nSPS) is 19.3. The second kappa shape index (κ2) is 7.93. The molecule has 1 fully saturated rings. The van der Waals surface area contributed by atoms with Crippen LogP contribution < -0.4 is 5.32 Å². The fourth-order valence-electron chi connectivity index (χ4n) is 2.74. The van der Waals surface area contributed by atoms with Crippen molar-refractivity contribution in [2.45, 2.75) is 12.5 Å². The Morgan fingerprint density at radius 1 is 1.27 bits per heavy atom. The summed E-state index contributed by atoms with van der Waals surface area (Å²) in [5.41, 5.74) is -0.966. The van der Waals surface area contributed by atoms with Crippen LogP contribution in [0.25, 0.3) is 0 Å². The first-order chi connectivity index (χ1) is 12.2. The molecule has 1 aromatic rings. The summed E-state index contributed by atoms with van der Waals surface area (Å²) in [6.07, 6.45) is 3.12. The van der Waals surface area contributed by atoms with Gasteiger partial charge in [-0.05, 0) is 19.1 Å². The summed E-state index contributed by atoms with van der Waals surface area (Å²) in [7, 11) is 0. The van der Waals surface area contributed by atoms with Gasteiger partial charge in [-0.1, -0.05) is 41.4 Å². The lowest BCUT2D eigenvalue weighted by Gasteiger charge is -2.24. The first-order valence-electron chi connectivity index (χ1n) is 7.83. The van der Waals surface area contributed by atoms with E-state index in [1.54, 1.807) is 24.3 Å². The first kappa shape index (κ1) is 20.0. The second-order valence-corrected chi connectivity index (χ2v) is 6.79. The summed E-state index contributed by atoms with van der Waals surface area (Å²) in [6.45, 7) is 8.92. The zero-order valence-corrected chi connectivity index (χ0v) is 15.8. The van der Waals surface area contributed by atoms with Gasteiger partial charge in [0.25, 0.3) is 5.91 Å². The van der Waals surface area contributed by atoms with Crippen LogP contribution in [-0.4, -0.2) is 47.3 Å². The number of hydrogen-bond acceptors (Lipinski definition) is 3. The Labute approximate surface area is 162 Å². The molecular formula is C18H19Cl2N3O3. The zero-order chi connectivity index (χ0) is 19.5. The minimum atomic E-state index is -1.37. The maximum Gasteiger partial charge on any atom is 0.325 e. The van der Waals surface area contributed by atoms with E-state index in [0.717, 1.165) is 4.90 Å². The molecular weight excluding hydrogens is 377 g/mol. The molecule has 1 aromatic carbocycles. The maximum atomic E-state index is 12.9. The molecule has 0 spiro atoms. The number of rotatable bonds is 7. The summed E-state index contributed by atoms with van der Waals surface area (Å²) in [5, 5.41) is 3.28. The molecule has 0 bridgehead atoms. The van der Waals surface area contributed by atoms with Gasteiger partial charge in [0.05, 0.1) is 0 Å². The van der Waals surface area contributed by atoms with Gasteiger partial charge in [-0.15, -0.1) is 13.2 Å². The number of carbonyl (C=O) groups is 3. The van der Waals surface area contributed by atoms with Crippen molar-refractivity contribution in [2.24, 2.45) is 0 Å². The minimum absolute atomic E-state index is 0.252. The van der Waals surface area contributed by atoms with Gasteiger partial charge in [0.15, 0.2) is 0 Å². The smallest absolute Gasteiger partial charge is 0.325 e. The third-order valence-electron chi connectivity index (χ3n) is 4.09. The second-order valence-electron chi connectivity index (χ2n) is 5.95. The van der Waals surface area contributed by atoms with E-state index in [4.69, 9.17) is 23.2 Å². The molecule has 0 aromatic heterocycles. The van der Waals surface area contributed by atoms with Crippen LogP contribution in [-0.2, 0) is 15.1 Å². The fourth-order valence-corrected chi connectivity index (χ4v) is 3.34. The van der Waals surface area contributed by atoms with Crippen LogP contribution in [0.2, 0.25) is 10.0 Å². The molecule has 1 saturated heterocycles. The van der Waals surface area contributed by atoms with Crippen molar-refractivity contribution in [1.29, 1.82) is 0 Å². The quantitative estimate of drug-likeness (QED) is 0.569. The standard InChI is InChI=1S/C18H19Cl2N3O3/c1-4-8-22(9-5-2)15(24)11-23-16(25)18(3,21-17(23)26)13-7-6-12(19)10-14(13)20/h4-7,10H,1-2,8-9,11H2,3H3,(H,21,26)/t18-/m0/s1. The molecule has 26 heavy (non-hydrogen) atoms. The Hall–Kier alpha value is -2.31. The van der Waals surface area contributed by atoms with Gasteiger partial charge in [-0.3, -0.25) is 14.5 Å². The molecule has 1 N–H and O–H groups in total. The van der Waals surface area contributed by atoms with Gasteiger partial charge in [0.1, 0.15) is 12.1 Å². The molecule has 1 atom stereocenters. The van der Waals surface area contributed by atoms with E-state index in [2.05, 4.69) is 18.5 Å². The number of nitrogens with one attached hydrogen (secondary N) is 1. The highest BCUT2D eigenvalue weighted by Gasteiger charge is 2.50. The van der Waals surface area contributed by atoms with Crippen molar-refractivity contribution < 1.29 is 14.4 Å². The van der Waals surface area contributed by atoms with Crippen LogP contribution in [0.1, 0.15) is 12.5 Å². The van der Waals surface area contributed by atoms with E-state index in [1.807, 2.05) is 0 Å². The Bertz CT molecular complexity index is 771. The van der Waals surface area contributed by atoms with Gasteiger partial charge in [0, 0.05) is 28.7 Å². The number of nitrogens with zero attached hydrogens (tertiary/aromatic N) is 2. The lowest BCUT2D eigenvalue weighted by Crippen LogP contribution is -2.44. The third-order valence-corrected chi connectivity index (χ3v) is 4.64. The van der Waals surface area contributed by atoms with E-state index < -0.39 is 17.5 Å². The monoisotopic (exact) mass is 395 g/mol. The van der Waals surface area contributed by atoms with Gasteiger partial charge in [-0.25, -0.2) is 4.79 Å². The van der Waals surface area contributed by atoms with Crippen molar-refractivity contribution in [3.8, 4) is 0 Å². The fraction of sp³-hybridized carbons (Fsp3) is 0.278. The molecule has 1 aliphatic rings. The highest BCUT2D eigenvalue weighted by molar-refractivity contribution is 6.35. The molecule has 0 unspecified atom stereocenters. The number of hydrogen-bond donors (Lipinski definition) is 1. The summed E-state index contributed by atoms with van der Waals surface area (Å²) < 4.78 is 0. The average Bonchev–Trinajstić information content (AvgIpc) is 2.78. The van der Waals surface area contributed by atoms with Gasteiger partial charge < -0.3 is 10.2 Å². The van der Waals surface area contributed by atoms with E-state index in [1.165, 1.54) is 17.9 Å². The molecule has 6 nitrogen and oxygen atoms in total. The number of halogens is 2. The highest BCUT2D eigenvalue weighted by Crippen LogP contribution is 2.34. The Morgan fingerprint density at radius 2 is 1.88 bits per heavy atom. The number of benzene rings is 1. The molecule has 138 valence electrons. The molecule has 4 amide bonds. The van der Waals surface area contributed by atoms with E-state index in [-0.39, 0.29) is 30.6 Å². The van der Waals surface area contributed by atoms with Gasteiger partial charge in [-0.2, -0.15) is 0 Å². The number of amides is 4. The van der Waals surface area contributed by atoms with E-state index >= 15 is 0 Å². The molecule has 0 aliphatic carbocycles. The summed E-state index contributed by atoms with van der Waals surface area (Å²) >= 11 is 12.1. The number of carbonyl (C=O) groups excluding carboxylic acids is 3. The number of urea groups is 1. The Kier molecular flexibility index (Phi) is 6.10. The average molecular weight is 396 g/mol. The molecule has 2 rings (SSSR count). The maximum absolute atomic E-state index is 12.9. The Morgan fingerprint density at radius 3 is 2.42 bits per heavy atom. The van der Waals surface area contributed by atoms with Crippen LogP contribution in [0, 0.1) is 0 Å². The van der Waals surface area contributed by atoms with Crippen LogP contribution in [0.4, 0.5) is 4.79 Å². The summed E-state index contributed by atoms with van der Waals surface area (Å²) in [6, 6.07) is 3.99. The third kappa shape index (κ3) is 3.76. The lowest BCUT2D eigenvalue weighted by atomic mass is 9.92. The SMILES string of the molecule is C=CCN(CC=C)C(=O)CN1C(=O)N[C@@](C)(c2ccc(Cl)cc2Cl)C1=O. The van der Waals surface area contributed by atoms with E-state index in [0.29, 0.717) is 10.6 Å². The number of imide groups is 1. The predicted molar refractivity (Wildman–Crippen MR) is 101 cm³/mol. The van der Waals surface area contributed by atoms with Crippen molar-refractivity contribution in [3.63, 3.8) is 0 Å². The summed E-state index contributed by atoms with van der Waals surface area (Å²) in [5.74, 6) is -0.947. The van der Waals surface area contributed by atoms with Crippen molar-refractivity contribution in [3.05, 3.63) is 59.1 Å². The van der Waals surface area contributed by atoms with Crippen LogP contribution in [0.5, 0.6) is 0 Å². The van der Waals surface area contributed by atoms with Gasteiger partial charge in [0.2, 0.25) is 5.91 Å². The van der Waals surface area contributed by atoms with Crippen molar-refractivity contribution in [2.75, 3.05) is 19.6 Å². The molecule has 0 radical (unpaired) electrons.